The highest BCUT2D eigenvalue weighted by molar-refractivity contribution is 5.86. The summed E-state index contributed by atoms with van der Waals surface area (Å²) >= 11 is 0. The number of benzene rings is 2. The van der Waals surface area contributed by atoms with Crippen molar-refractivity contribution in [2.75, 3.05) is 6.54 Å². The zero-order valence-electron chi connectivity index (χ0n) is 12.0. The summed E-state index contributed by atoms with van der Waals surface area (Å²) in [6, 6.07) is 14.9. The normalized spacial score (nSPS) is 13.7. The Morgan fingerprint density at radius 1 is 1.14 bits per heavy atom. The first-order valence-electron chi connectivity index (χ1n) is 7.34. The van der Waals surface area contributed by atoms with Crippen molar-refractivity contribution in [2.24, 2.45) is 0 Å². The van der Waals surface area contributed by atoms with Crippen molar-refractivity contribution in [1.29, 1.82) is 0 Å². The Hall–Kier alpha value is -2.55. The van der Waals surface area contributed by atoms with Crippen LogP contribution in [0.5, 0.6) is 0 Å². The van der Waals surface area contributed by atoms with Crippen LogP contribution in [0.25, 0.3) is 28.2 Å². The third kappa shape index (κ3) is 2.11. The van der Waals surface area contributed by atoms with Gasteiger partial charge >= 0.3 is 0 Å². The summed E-state index contributed by atoms with van der Waals surface area (Å²) in [7, 11) is 0. The van der Waals surface area contributed by atoms with Crippen LogP contribution < -0.4 is 0 Å². The van der Waals surface area contributed by atoms with Crippen LogP contribution in [0.15, 0.2) is 48.7 Å². The Morgan fingerprint density at radius 2 is 2.00 bits per heavy atom. The maximum atomic E-state index is 4.73. The Balaban J connectivity index is 1.76. The first kappa shape index (κ1) is 12.2. The maximum Gasteiger partial charge on any atom is 0.138 e. The molecule has 104 valence electrons. The highest BCUT2D eigenvalue weighted by Gasteiger charge is 2.15. The van der Waals surface area contributed by atoms with Gasteiger partial charge in [0.15, 0.2) is 0 Å². The quantitative estimate of drug-likeness (QED) is 0.765. The van der Waals surface area contributed by atoms with Gasteiger partial charge in [0, 0.05) is 18.3 Å². The lowest BCUT2D eigenvalue weighted by molar-refractivity contribution is 0.382. The summed E-state index contributed by atoms with van der Waals surface area (Å²) in [6.07, 6.45) is 4.21. The lowest BCUT2D eigenvalue weighted by atomic mass is 10.1. The molecule has 0 atom stereocenters. The van der Waals surface area contributed by atoms with Crippen molar-refractivity contribution in [3.05, 3.63) is 60.1 Å². The van der Waals surface area contributed by atoms with Crippen molar-refractivity contribution >= 4 is 16.8 Å². The van der Waals surface area contributed by atoms with E-state index in [4.69, 9.17) is 4.98 Å². The number of rotatable bonds is 2. The molecule has 0 spiro atoms. The molecule has 0 aliphatic carbocycles. The van der Waals surface area contributed by atoms with Crippen LogP contribution in [0.4, 0.5) is 0 Å². The van der Waals surface area contributed by atoms with Gasteiger partial charge in [-0.3, -0.25) is 0 Å². The Labute approximate surface area is 123 Å². The predicted octanol–water partition coefficient (Wildman–Crippen LogP) is 4.04. The molecule has 0 fully saturated rings. The number of hydrogen-bond donors (Lipinski definition) is 1. The van der Waals surface area contributed by atoms with Gasteiger partial charge in [-0.1, -0.05) is 36.4 Å². The Bertz CT molecular complexity index is 829. The summed E-state index contributed by atoms with van der Waals surface area (Å²) < 4.78 is 0. The van der Waals surface area contributed by atoms with E-state index in [1.54, 1.807) is 0 Å². The van der Waals surface area contributed by atoms with Gasteiger partial charge in [0.05, 0.1) is 17.9 Å². The molecule has 1 aliphatic rings. The molecular formula is C18H17N3. The lowest BCUT2D eigenvalue weighted by Crippen LogP contribution is -2.19. The minimum absolute atomic E-state index is 0.906. The van der Waals surface area contributed by atoms with Crippen LogP contribution in [0.2, 0.25) is 0 Å². The molecule has 2 aromatic carbocycles. The summed E-state index contributed by atoms with van der Waals surface area (Å²) in [5, 5.41) is 2.50. The van der Waals surface area contributed by atoms with Crippen molar-refractivity contribution in [1.82, 2.24) is 14.9 Å². The van der Waals surface area contributed by atoms with Crippen LogP contribution in [-0.2, 0) is 6.54 Å². The summed E-state index contributed by atoms with van der Waals surface area (Å²) in [4.78, 5) is 10.5. The molecular weight excluding hydrogens is 258 g/mol. The number of hydrogen-bond acceptors (Lipinski definition) is 2. The second-order valence-corrected chi connectivity index (χ2v) is 5.39. The fourth-order valence-electron chi connectivity index (χ4n) is 2.80. The molecule has 0 unspecified atom stereocenters. The van der Waals surface area contributed by atoms with Gasteiger partial charge < -0.3 is 9.88 Å². The molecule has 0 saturated carbocycles. The van der Waals surface area contributed by atoms with E-state index in [1.165, 1.54) is 16.5 Å². The van der Waals surface area contributed by atoms with Crippen molar-refractivity contribution in [3.63, 3.8) is 0 Å². The van der Waals surface area contributed by atoms with E-state index in [1.807, 2.05) is 0 Å². The van der Waals surface area contributed by atoms with Crippen LogP contribution in [0, 0.1) is 0 Å². The Kier molecular flexibility index (Phi) is 2.78. The van der Waals surface area contributed by atoms with E-state index in [0.717, 1.165) is 30.2 Å². The molecule has 21 heavy (non-hydrogen) atoms. The first-order chi connectivity index (χ1) is 10.3. The van der Waals surface area contributed by atoms with E-state index in [2.05, 4.69) is 71.5 Å². The zero-order valence-corrected chi connectivity index (χ0v) is 12.0. The highest BCUT2D eigenvalue weighted by Crippen LogP contribution is 2.26. The smallest absolute Gasteiger partial charge is 0.138 e. The van der Waals surface area contributed by atoms with E-state index < -0.39 is 0 Å². The van der Waals surface area contributed by atoms with E-state index in [-0.39, 0.29) is 0 Å². The monoisotopic (exact) mass is 275 g/mol. The molecule has 3 heteroatoms. The number of nitrogens with zero attached hydrogens (tertiary/aromatic N) is 2. The van der Waals surface area contributed by atoms with Crippen molar-refractivity contribution in [3.8, 4) is 11.4 Å². The maximum absolute atomic E-state index is 4.73. The minimum Gasteiger partial charge on any atom is -0.372 e. The first-order valence-corrected chi connectivity index (χ1v) is 7.34. The molecule has 0 bridgehead atoms. The third-order valence-electron chi connectivity index (χ3n) is 4.04. The summed E-state index contributed by atoms with van der Waals surface area (Å²) in [6.45, 7) is 4.08. The molecule has 0 saturated heterocycles. The second kappa shape index (κ2) is 4.77. The molecule has 0 radical (unpaired) electrons. The van der Waals surface area contributed by atoms with Crippen molar-refractivity contribution < 1.29 is 0 Å². The van der Waals surface area contributed by atoms with Gasteiger partial charge in [0.2, 0.25) is 0 Å². The molecule has 4 rings (SSSR count). The van der Waals surface area contributed by atoms with Gasteiger partial charge in [0.1, 0.15) is 5.82 Å². The van der Waals surface area contributed by atoms with Gasteiger partial charge in [-0.15, -0.1) is 0 Å². The number of H-pyrrole nitrogens is 1. The van der Waals surface area contributed by atoms with E-state index in [9.17, 15) is 0 Å². The van der Waals surface area contributed by atoms with Gasteiger partial charge in [0.25, 0.3) is 0 Å². The SMILES string of the molecule is CCN1C=Cc2nc(-c3ccc4ccccc4c3)[nH]c2C1. The number of imidazole rings is 1. The van der Waals surface area contributed by atoms with E-state index >= 15 is 0 Å². The average molecular weight is 275 g/mol. The average Bonchev–Trinajstić information content (AvgIpc) is 2.97. The van der Waals surface area contributed by atoms with Crippen LogP contribution in [0.1, 0.15) is 18.3 Å². The number of aromatic amines is 1. The third-order valence-corrected chi connectivity index (χ3v) is 4.04. The second-order valence-electron chi connectivity index (χ2n) is 5.39. The fourth-order valence-corrected chi connectivity index (χ4v) is 2.80. The molecule has 3 nitrogen and oxygen atoms in total. The van der Waals surface area contributed by atoms with Crippen LogP contribution in [0.3, 0.4) is 0 Å². The Morgan fingerprint density at radius 3 is 2.86 bits per heavy atom. The zero-order chi connectivity index (χ0) is 14.2. The molecule has 1 aliphatic heterocycles. The standard InChI is InChI=1S/C18H17N3/c1-2-21-10-9-16-17(12-21)20-18(19-16)15-8-7-13-5-3-4-6-14(13)11-15/h3-11H,2,12H2,1H3,(H,19,20). The highest BCUT2D eigenvalue weighted by atomic mass is 15.1. The van der Waals surface area contributed by atoms with E-state index in [0.29, 0.717) is 0 Å². The molecule has 3 aromatic rings. The minimum atomic E-state index is 0.906. The predicted molar refractivity (Wildman–Crippen MR) is 86.6 cm³/mol. The summed E-state index contributed by atoms with van der Waals surface area (Å²) in [5.74, 6) is 0.952. The van der Waals surface area contributed by atoms with Crippen LogP contribution >= 0.6 is 0 Å². The van der Waals surface area contributed by atoms with Crippen molar-refractivity contribution in [2.45, 2.75) is 13.5 Å². The lowest BCUT2D eigenvalue weighted by Gasteiger charge is -2.20. The summed E-state index contributed by atoms with van der Waals surface area (Å²) in [5.41, 5.74) is 3.39. The number of fused-ring (bicyclic) bond motifs is 2. The topological polar surface area (TPSA) is 31.9 Å². The van der Waals surface area contributed by atoms with Gasteiger partial charge in [-0.05, 0) is 29.8 Å². The fraction of sp³-hybridized carbons (Fsp3) is 0.167. The molecule has 0 amide bonds. The van der Waals surface area contributed by atoms with Gasteiger partial charge in [-0.25, -0.2) is 4.98 Å². The molecule has 1 N–H and O–H groups in total. The van der Waals surface area contributed by atoms with Gasteiger partial charge in [-0.2, -0.15) is 0 Å². The molecule has 2 heterocycles. The number of nitrogens with one attached hydrogen (secondary N) is 1. The van der Waals surface area contributed by atoms with Crippen LogP contribution in [-0.4, -0.2) is 21.4 Å². The largest absolute Gasteiger partial charge is 0.372 e. The molecule has 1 aromatic heterocycles. The number of aromatic nitrogens is 2.